The molecule has 2 aliphatic heterocycles. The molecule has 5 nitrogen and oxygen atoms in total. The highest BCUT2D eigenvalue weighted by Gasteiger charge is 2.35. The molecule has 1 amide bonds. The molecule has 0 atom stereocenters. The third-order valence-corrected chi connectivity index (χ3v) is 4.61. The van der Waals surface area contributed by atoms with Crippen LogP contribution < -0.4 is 10.2 Å². The Labute approximate surface area is 136 Å². The van der Waals surface area contributed by atoms with Gasteiger partial charge >= 0.3 is 0 Å². The Balaban J connectivity index is 1.70. The third kappa shape index (κ3) is 3.21. The summed E-state index contributed by atoms with van der Waals surface area (Å²) in [6.45, 7) is 7.06. The number of ether oxygens (including phenoxy) is 1. The molecule has 0 aliphatic carbocycles. The Morgan fingerprint density at radius 2 is 1.95 bits per heavy atom. The molecule has 0 spiro atoms. The third-order valence-electron chi connectivity index (χ3n) is 4.31. The van der Waals surface area contributed by atoms with Gasteiger partial charge in [-0.25, -0.2) is 0 Å². The van der Waals surface area contributed by atoms with Crippen molar-refractivity contribution in [3.63, 3.8) is 0 Å². The van der Waals surface area contributed by atoms with Gasteiger partial charge in [0.05, 0.1) is 29.5 Å². The van der Waals surface area contributed by atoms with E-state index in [4.69, 9.17) is 16.3 Å². The van der Waals surface area contributed by atoms with Crippen LogP contribution in [0.1, 0.15) is 17.3 Å². The summed E-state index contributed by atoms with van der Waals surface area (Å²) in [7, 11) is 2.12. The Bertz CT molecular complexity index is 567. The minimum absolute atomic E-state index is 0.0994. The average Bonchev–Trinajstić information content (AvgIpc) is 2.46. The first kappa shape index (κ1) is 15.6. The van der Waals surface area contributed by atoms with E-state index in [-0.39, 0.29) is 11.4 Å². The Morgan fingerprint density at radius 1 is 1.27 bits per heavy atom. The molecule has 2 heterocycles. The zero-order valence-corrected chi connectivity index (χ0v) is 13.8. The largest absolute Gasteiger partial charge is 0.376 e. The van der Waals surface area contributed by atoms with Gasteiger partial charge in [0, 0.05) is 31.7 Å². The summed E-state index contributed by atoms with van der Waals surface area (Å²) in [5.74, 6) is -0.0994. The van der Waals surface area contributed by atoms with Crippen molar-refractivity contribution in [2.45, 2.75) is 12.5 Å². The zero-order chi connectivity index (χ0) is 15.7. The molecule has 120 valence electrons. The van der Waals surface area contributed by atoms with Crippen LogP contribution in [0.2, 0.25) is 5.02 Å². The first-order valence-corrected chi connectivity index (χ1v) is 7.98. The van der Waals surface area contributed by atoms with Crippen LogP contribution in [0.15, 0.2) is 18.2 Å². The number of carbonyl (C=O) groups is 1. The number of amides is 1. The lowest BCUT2D eigenvalue weighted by Crippen LogP contribution is -2.59. The van der Waals surface area contributed by atoms with E-state index in [1.54, 1.807) is 6.07 Å². The maximum absolute atomic E-state index is 12.3. The standard InChI is InChI=1S/C16H22ClN3O2/c1-16(10-22-11-16)18-15(21)12-3-4-14(13(17)9-12)20-7-5-19(2)6-8-20/h3-4,9H,5-8,10-11H2,1-2H3,(H,18,21). The fourth-order valence-electron chi connectivity index (χ4n) is 2.78. The lowest BCUT2D eigenvalue weighted by Gasteiger charge is -2.38. The van der Waals surface area contributed by atoms with Gasteiger partial charge in [0.1, 0.15) is 0 Å². The number of halogens is 1. The molecule has 0 unspecified atom stereocenters. The molecule has 3 rings (SSSR count). The number of rotatable bonds is 3. The Morgan fingerprint density at radius 3 is 2.50 bits per heavy atom. The summed E-state index contributed by atoms with van der Waals surface area (Å²) < 4.78 is 5.15. The molecule has 1 N–H and O–H groups in total. The van der Waals surface area contributed by atoms with E-state index in [2.05, 4.69) is 22.2 Å². The quantitative estimate of drug-likeness (QED) is 0.918. The monoisotopic (exact) mass is 323 g/mol. The summed E-state index contributed by atoms with van der Waals surface area (Å²) >= 11 is 6.40. The second-order valence-electron chi connectivity index (χ2n) is 6.46. The molecule has 1 aromatic rings. The SMILES string of the molecule is CN1CCN(c2ccc(C(=O)NC3(C)COC3)cc2Cl)CC1. The van der Waals surface area contributed by atoms with E-state index in [9.17, 15) is 4.79 Å². The first-order chi connectivity index (χ1) is 10.5. The van der Waals surface area contributed by atoms with E-state index >= 15 is 0 Å². The molecular weight excluding hydrogens is 302 g/mol. The topological polar surface area (TPSA) is 44.8 Å². The van der Waals surface area contributed by atoms with Gasteiger partial charge < -0.3 is 19.9 Å². The van der Waals surface area contributed by atoms with Crippen LogP contribution in [-0.4, -0.2) is 62.8 Å². The minimum Gasteiger partial charge on any atom is -0.376 e. The maximum atomic E-state index is 12.3. The Hall–Kier alpha value is -1.30. The van der Waals surface area contributed by atoms with Gasteiger partial charge in [-0.2, -0.15) is 0 Å². The number of anilines is 1. The van der Waals surface area contributed by atoms with E-state index < -0.39 is 0 Å². The second kappa shape index (κ2) is 6.07. The van der Waals surface area contributed by atoms with Gasteiger partial charge in [0.2, 0.25) is 0 Å². The predicted octanol–water partition coefficient (Wildman–Crippen LogP) is 1.61. The number of likely N-dealkylation sites (N-methyl/N-ethyl adjacent to an activating group) is 1. The molecule has 0 radical (unpaired) electrons. The lowest BCUT2D eigenvalue weighted by atomic mass is 10.00. The van der Waals surface area contributed by atoms with Crippen LogP contribution in [0, 0.1) is 0 Å². The highest BCUT2D eigenvalue weighted by Crippen LogP contribution is 2.28. The number of carbonyl (C=O) groups excluding carboxylic acids is 1. The van der Waals surface area contributed by atoms with E-state index in [1.807, 2.05) is 19.1 Å². The fourth-order valence-corrected chi connectivity index (χ4v) is 3.08. The van der Waals surface area contributed by atoms with E-state index in [1.165, 1.54) is 0 Å². The average molecular weight is 324 g/mol. The van der Waals surface area contributed by atoms with Crippen molar-refractivity contribution < 1.29 is 9.53 Å². The van der Waals surface area contributed by atoms with Crippen molar-refractivity contribution >= 4 is 23.2 Å². The van der Waals surface area contributed by atoms with Gasteiger partial charge in [0.25, 0.3) is 5.91 Å². The van der Waals surface area contributed by atoms with Gasteiger partial charge in [-0.1, -0.05) is 11.6 Å². The van der Waals surface area contributed by atoms with E-state index in [0.717, 1.165) is 31.9 Å². The summed E-state index contributed by atoms with van der Waals surface area (Å²) in [6.07, 6.45) is 0. The molecule has 1 aromatic carbocycles. The van der Waals surface area contributed by atoms with Crippen molar-refractivity contribution in [3.8, 4) is 0 Å². The molecular formula is C16H22ClN3O2. The van der Waals surface area contributed by atoms with Gasteiger partial charge in [-0.15, -0.1) is 0 Å². The molecule has 0 aromatic heterocycles. The predicted molar refractivity (Wildman–Crippen MR) is 87.9 cm³/mol. The summed E-state index contributed by atoms with van der Waals surface area (Å²) in [5, 5.41) is 3.63. The summed E-state index contributed by atoms with van der Waals surface area (Å²) in [4.78, 5) is 16.9. The van der Waals surface area contributed by atoms with Crippen molar-refractivity contribution in [2.24, 2.45) is 0 Å². The number of hydrogen-bond acceptors (Lipinski definition) is 4. The van der Waals surface area contributed by atoms with Crippen LogP contribution in [0.4, 0.5) is 5.69 Å². The highest BCUT2D eigenvalue weighted by atomic mass is 35.5. The molecule has 6 heteroatoms. The lowest BCUT2D eigenvalue weighted by molar-refractivity contribution is -0.0593. The molecule has 22 heavy (non-hydrogen) atoms. The van der Waals surface area contributed by atoms with E-state index in [0.29, 0.717) is 23.8 Å². The van der Waals surface area contributed by atoms with Gasteiger partial charge in [0.15, 0.2) is 0 Å². The molecule has 0 bridgehead atoms. The van der Waals surface area contributed by atoms with Crippen molar-refractivity contribution in [2.75, 3.05) is 51.3 Å². The normalized spacial score (nSPS) is 21.3. The second-order valence-corrected chi connectivity index (χ2v) is 6.87. The number of piperazine rings is 1. The maximum Gasteiger partial charge on any atom is 0.251 e. The van der Waals surface area contributed by atoms with Crippen LogP contribution >= 0.6 is 11.6 Å². The van der Waals surface area contributed by atoms with Crippen molar-refractivity contribution in [1.29, 1.82) is 0 Å². The Kier molecular flexibility index (Phi) is 4.30. The van der Waals surface area contributed by atoms with Gasteiger partial charge in [-0.05, 0) is 32.2 Å². The van der Waals surface area contributed by atoms with Crippen LogP contribution in [0.5, 0.6) is 0 Å². The van der Waals surface area contributed by atoms with Gasteiger partial charge in [-0.3, -0.25) is 4.79 Å². The zero-order valence-electron chi connectivity index (χ0n) is 13.1. The highest BCUT2D eigenvalue weighted by molar-refractivity contribution is 6.33. The molecule has 2 aliphatic rings. The number of benzene rings is 1. The number of hydrogen-bond donors (Lipinski definition) is 1. The number of nitrogens with zero attached hydrogens (tertiary/aromatic N) is 2. The molecule has 2 saturated heterocycles. The molecule has 0 saturated carbocycles. The fraction of sp³-hybridized carbons (Fsp3) is 0.562. The van der Waals surface area contributed by atoms with Crippen molar-refractivity contribution in [3.05, 3.63) is 28.8 Å². The number of nitrogens with one attached hydrogen (secondary N) is 1. The summed E-state index contributed by atoms with van der Waals surface area (Å²) in [6, 6.07) is 5.55. The smallest absolute Gasteiger partial charge is 0.251 e. The minimum atomic E-state index is -0.250. The summed E-state index contributed by atoms with van der Waals surface area (Å²) in [5.41, 5.74) is 1.35. The first-order valence-electron chi connectivity index (χ1n) is 7.60. The molecule has 2 fully saturated rings. The van der Waals surface area contributed by atoms with Crippen LogP contribution in [-0.2, 0) is 4.74 Å². The van der Waals surface area contributed by atoms with Crippen LogP contribution in [0.3, 0.4) is 0 Å². The van der Waals surface area contributed by atoms with Crippen LogP contribution in [0.25, 0.3) is 0 Å². The van der Waals surface area contributed by atoms with Crippen molar-refractivity contribution in [1.82, 2.24) is 10.2 Å².